The van der Waals surface area contributed by atoms with Gasteiger partial charge >= 0.3 is 0 Å². The van der Waals surface area contributed by atoms with Gasteiger partial charge < -0.3 is 10.1 Å². The Morgan fingerprint density at radius 3 is 2.60 bits per heavy atom. The highest BCUT2D eigenvalue weighted by atomic mass is 16.5. The molecule has 0 spiro atoms. The Kier molecular flexibility index (Phi) is 3.61. The van der Waals surface area contributed by atoms with Crippen LogP contribution in [0.4, 0.5) is 0 Å². The van der Waals surface area contributed by atoms with Crippen LogP contribution in [0.1, 0.15) is 5.56 Å². The van der Waals surface area contributed by atoms with Crippen molar-refractivity contribution in [2.24, 2.45) is 0 Å². The van der Waals surface area contributed by atoms with Crippen molar-refractivity contribution in [3.63, 3.8) is 0 Å². The molecule has 1 aromatic heterocycles. The van der Waals surface area contributed by atoms with Gasteiger partial charge in [0.15, 0.2) is 0 Å². The molecule has 3 nitrogen and oxygen atoms in total. The predicted octanol–water partition coefficient (Wildman–Crippen LogP) is 3.75. The van der Waals surface area contributed by atoms with Gasteiger partial charge in [0.2, 0.25) is 5.88 Å². The van der Waals surface area contributed by atoms with Crippen LogP contribution in [0.5, 0.6) is 11.6 Å². The van der Waals surface area contributed by atoms with Crippen molar-refractivity contribution in [1.82, 2.24) is 10.3 Å². The lowest BCUT2D eigenvalue weighted by atomic mass is 10.1. The van der Waals surface area contributed by atoms with E-state index in [9.17, 15) is 0 Å². The zero-order chi connectivity index (χ0) is 13.8. The fourth-order valence-corrected chi connectivity index (χ4v) is 2.13. The molecule has 20 heavy (non-hydrogen) atoms. The molecule has 0 atom stereocenters. The van der Waals surface area contributed by atoms with E-state index in [4.69, 9.17) is 4.74 Å². The van der Waals surface area contributed by atoms with Gasteiger partial charge in [-0.3, -0.25) is 0 Å². The number of hydrogen-bond donors (Lipinski definition) is 1. The summed E-state index contributed by atoms with van der Waals surface area (Å²) in [4.78, 5) is 4.31. The van der Waals surface area contributed by atoms with E-state index in [1.807, 2.05) is 49.6 Å². The zero-order valence-electron chi connectivity index (χ0n) is 11.3. The third-order valence-corrected chi connectivity index (χ3v) is 3.12. The average Bonchev–Trinajstić information content (AvgIpc) is 2.49. The second kappa shape index (κ2) is 5.72. The van der Waals surface area contributed by atoms with Crippen LogP contribution in [-0.2, 0) is 6.54 Å². The van der Waals surface area contributed by atoms with Gasteiger partial charge in [-0.25, -0.2) is 4.98 Å². The summed E-state index contributed by atoms with van der Waals surface area (Å²) in [5.41, 5.74) is 1.14. The van der Waals surface area contributed by atoms with Crippen LogP contribution in [0.2, 0.25) is 0 Å². The quantitative estimate of drug-likeness (QED) is 0.779. The highest BCUT2D eigenvalue weighted by Crippen LogP contribution is 2.24. The maximum atomic E-state index is 5.79. The number of benzene rings is 2. The van der Waals surface area contributed by atoms with Gasteiger partial charge in [-0.15, -0.1) is 0 Å². The van der Waals surface area contributed by atoms with Crippen LogP contribution in [0.3, 0.4) is 0 Å². The van der Waals surface area contributed by atoms with Gasteiger partial charge in [-0.1, -0.05) is 36.4 Å². The van der Waals surface area contributed by atoms with Crippen molar-refractivity contribution in [3.8, 4) is 11.6 Å². The summed E-state index contributed by atoms with van der Waals surface area (Å²) >= 11 is 0. The first-order valence-electron chi connectivity index (χ1n) is 6.61. The largest absolute Gasteiger partial charge is 0.439 e. The minimum atomic E-state index is 0.611. The van der Waals surface area contributed by atoms with Gasteiger partial charge in [0.25, 0.3) is 0 Å². The summed E-state index contributed by atoms with van der Waals surface area (Å²) in [6, 6.07) is 18.2. The molecular formula is C17H16N2O. The van der Waals surface area contributed by atoms with Gasteiger partial charge in [-0.05, 0) is 35.5 Å². The number of nitrogens with zero attached hydrogens (tertiary/aromatic N) is 1. The molecule has 3 heteroatoms. The Morgan fingerprint density at radius 2 is 1.85 bits per heavy atom. The maximum absolute atomic E-state index is 5.79. The summed E-state index contributed by atoms with van der Waals surface area (Å²) in [5, 5.41) is 5.46. The SMILES string of the molecule is CNCc1ccc(Oc2ccc3ccccc3c2)nc1. The number of pyridine rings is 1. The third-order valence-electron chi connectivity index (χ3n) is 3.12. The molecule has 0 radical (unpaired) electrons. The van der Waals surface area contributed by atoms with E-state index in [1.54, 1.807) is 0 Å². The number of nitrogens with one attached hydrogen (secondary N) is 1. The fraction of sp³-hybridized carbons (Fsp3) is 0.118. The predicted molar refractivity (Wildman–Crippen MR) is 81.0 cm³/mol. The van der Waals surface area contributed by atoms with Crippen LogP contribution < -0.4 is 10.1 Å². The van der Waals surface area contributed by atoms with Crippen molar-refractivity contribution in [2.75, 3.05) is 7.05 Å². The summed E-state index contributed by atoms with van der Waals surface area (Å²) < 4.78 is 5.79. The number of aromatic nitrogens is 1. The second-order valence-corrected chi connectivity index (χ2v) is 4.65. The van der Waals surface area contributed by atoms with Crippen molar-refractivity contribution >= 4 is 10.8 Å². The molecule has 1 N–H and O–H groups in total. The molecule has 3 rings (SSSR count). The van der Waals surface area contributed by atoms with Crippen LogP contribution in [-0.4, -0.2) is 12.0 Å². The van der Waals surface area contributed by atoms with Crippen LogP contribution in [0.15, 0.2) is 60.8 Å². The number of ether oxygens (including phenoxy) is 1. The highest BCUT2D eigenvalue weighted by Gasteiger charge is 2.00. The first-order chi connectivity index (χ1) is 9.85. The lowest BCUT2D eigenvalue weighted by Gasteiger charge is -2.07. The molecule has 0 saturated carbocycles. The Bertz CT molecular complexity index is 708. The van der Waals surface area contributed by atoms with E-state index >= 15 is 0 Å². The molecule has 0 aliphatic carbocycles. The smallest absolute Gasteiger partial charge is 0.219 e. The topological polar surface area (TPSA) is 34.1 Å². The molecule has 100 valence electrons. The first kappa shape index (κ1) is 12.6. The van der Waals surface area contributed by atoms with E-state index in [-0.39, 0.29) is 0 Å². The van der Waals surface area contributed by atoms with E-state index in [0.717, 1.165) is 23.2 Å². The minimum Gasteiger partial charge on any atom is -0.439 e. The van der Waals surface area contributed by atoms with Crippen LogP contribution in [0, 0.1) is 0 Å². The van der Waals surface area contributed by atoms with E-state index in [2.05, 4.69) is 28.5 Å². The van der Waals surface area contributed by atoms with Crippen molar-refractivity contribution in [2.45, 2.75) is 6.54 Å². The Balaban J connectivity index is 1.81. The van der Waals surface area contributed by atoms with Crippen molar-refractivity contribution in [1.29, 1.82) is 0 Å². The molecule has 0 bridgehead atoms. The number of rotatable bonds is 4. The van der Waals surface area contributed by atoms with Gasteiger partial charge in [-0.2, -0.15) is 0 Å². The Labute approximate surface area is 118 Å². The molecule has 0 aliphatic rings. The average molecular weight is 264 g/mol. The van der Waals surface area contributed by atoms with Gasteiger partial charge in [0.05, 0.1) is 0 Å². The summed E-state index contributed by atoms with van der Waals surface area (Å²) in [6.45, 7) is 0.809. The summed E-state index contributed by atoms with van der Waals surface area (Å²) in [5.74, 6) is 1.41. The zero-order valence-corrected chi connectivity index (χ0v) is 11.3. The van der Waals surface area contributed by atoms with E-state index in [0.29, 0.717) is 5.88 Å². The number of hydrogen-bond acceptors (Lipinski definition) is 3. The molecule has 3 aromatic rings. The first-order valence-corrected chi connectivity index (χ1v) is 6.61. The van der Waals surface area contributed by atoms with Crippen LogP contribution in [0.25, 0.3) is 10.8 Å². The Hall–Kier alpha value is -2.39. The fourth-order valence-electron chi connectivity index (χ4n) is 2.13. The van der Waals surface area contributed by atoms with Crippen molar-refractivity contribution < 1.29 is 4.74 Å². The molecule has 0 aliphatic heterocycles. The number of fused-ring (bicyclic) bond motifs is 1. The summed E-state index contributed by atoms with van der Waals surface area (Å²) in [6.07, 6.45) is 1.83. The van der Waals surface area contributed by atoms with Gasteiger partial charge in [0, 0.05) is 18.8 Å². The van der Waals surface area contributed by atoms with Gasteiger partial charge in [0.1, 0.15) is 5.75 Å². The Morgan fingerprint density at radius 1 is 1.00 bits per heavy atom. The highest BCUT2D eigenvalue weighted by molar-refractivity contribution is 5.83. The summed E-state index contributed by atoms with van der Waals surface area (Å²) in [7, 11) is 1.92. The minimum absolute atomic E-state index is 0.611. The lowest BCUT2D eigenvalue weighted by molar-refractivity contribution is 0.463. The standard InChI is InChI=1S/C17H16N2O/c1-18-11-13-6-9-17(19-12-13)20-16-8-7-14-4-2-3-5-15(14)10-16/h2-10,12,18H,11H2,1H3. The molecule has 2 aromatic carbocycles. The monoisotopic (exact) mass is 264 g/mol. The molecule has 0 saturated heterocycles. The van der Waals surface area contributed by atoms with E-state index < -0.39 is 0 Å². The van der Waals surface area contributed by atoms with Crippen LogP contribution >= 0.6 is 0 Å². The van der Waals surface area contributed by atoms with E-state index in [1.165, 1.54) is 5.39 Å². The normalized spacial score (nSPS) is 10.7. The molecule has 0 fully saturated rings. The maximum Gasteiger partial charge on any atom is 0.219 e. The molecule has 0 unspecified atom stereocenters. The molecule has 0 amide bonds. The third kappa shape index (κ3) is 2.78. The molecule has 1 heterocycles. The van der Waals surface area contributed by atoms with Crippen molar-refractivity contribution in [3.05, 3.63) is 66.4 Å². The molecular weight excluding hydrogens is 248 g/mol. The lowest BCUT2D eigenvalue weighted by Crippen LogP contribution is -2.05. The second-order valence-electron chi connectivity index (χ2n) is 4.65.